The van der Waals surface area contributed by atoms with Gasteiger partial charge in [-0.3, -0.25) is 19.0 Å². The van der Waals surface area contributed by atoms with E-state index in [0.717, 1.165) is 11.1 Å². The fourth-order valence-electron chi connectivity index (χ4n) is 2.55. The number of halogens is 1. The lowest BCUT2D eigenvalue weighted by atomic mass is 10.1. The molecular weight excluding hydrogens is 370 g/mol. The van der Waals surface area contributed by atoms with Crippen LogP contribution in [0.1, 0.15) is 28.0 Å². The minimum absolute atomic E-state index is 0.0715. The molecule has 0 aliphatic carbocycles. The van der Waals surface area contributed by atoms with Gasteiger partial charge in [0.05, 0.1) is 19.5 Å². The minimum atomic E-state index is -0.928. The van der Waals surface area contributed by atoms with Crippen molar-refractivity contribution in [1.82, 2.24) is 19.6 Å². The maximum Gasteiger partial charge on any atom is 0.305 e. The van der Waals surface area contributed by atoms with E-state index in [1.165, 1.54) is 10.7 Å². The van der Waals surface area contributed by atoms with Crippen molar-refractivity contribution in [3.8, 4) is 0 Å². The van der Waals surface area contributed by atoms with E-state index in [4.69, 9.17) is 16.7 Å². The normalized spacial score (nSPS) is 10.7. The molecule has 0 radical (unpaired) electrons. The summed E-state index contributed by atoms with van der Waals surface area (Å²) in [5.74, 6) is -1.15. The summed E-state index contributed by atoms with van der Waals surface area (Å²) in [7, 11) is 0. The lowest BCUT2D eigenvalue weighted by molar-refractivity contribution is -0.137. The van der Waals surface area contributed by atoms with Crippen LogP contribution in [0.2, 0.25) is 5.02 Å². The zero-order valence-electron chi connectivity index (χ0n) is 14.6. The van der Waals surface area contributed by atoms with Crippen LogP contribution in [0.25, 0.3) is 0 Å². The highest BCUT2D eigenvalue weighted by molar-refractivity contribution is 6.33. The maximum absolute atomic E-state index is 12.3. The van der Waals surface area contributed by atoms with Crippen molar-refractivity contribution < 1.29 is 14.7 Å². The number of hydrogen-bond donors (Lipinski definition) is 2. The van der Waals surface area contributed by atoms with Gasteiger partial charge in [-0.05, 0) is 18.6 Å². The summed E-state index contributed by atoms with van der Waals surface area (Å²) in [5, 5.41) is 20.0. The van der Waals surface area contributed by atoms with E-state index in [1.807, 2.05) is 25.1 Å². The topological polar surface area (TPSA) is 102 Å². The monoisotopic (exact) mass is 387 g/mol. The molecule has 3 aromatic rings. The van der Waals surface area contributed by atoms with Crippen LogP contribution in [0.3, 0.4) is 0 Å². The molecule has 0 spiro atoms. The van der Waals surface area contributed by atoms with Crippen LogP contribution in [0.4, 0.5) is 5.82 Å². The van der Waals surface area contributed by atoms with Crippen molar-refractivity contribution in [1.29, 1.82) is 0 Å². The molecule has 0 aliphatic rings. The summed E-state index contributed by atoms with van der Waals surface area (Å²) in [5.41, 5.74) is 2.38. The Morgan fingerprint density at radius 2 is 2.04 bits per heavy atom. The number of amides is 1. The van der Waals surface area contributed by atoms with E-state index in [9.17, 15) is 9.59 Å². The molecule has 2 N–H and O–H groups in total. The van der Waals surface area contributed by atoms with Gasteiger partial charge < -0.3 is 10.4 Å². The first kappa shape index (κ1) is 18.7. The Balaban J connectivity index is 1.66. The van der Waals surface area contributed by atoms with Crippen molar-refractivity contribution in [2.75, 3.05) is 5.32 Å². The summed E-state index contributed by atoms with van der Waals surface area (Å²) < 4.78 is 3.05. The van der Waals surface area contributed by atoms with E-state index in [0.29, 0.717) is 11.6 Å². The average molecular weight is 388 g/mol. The lowest BCUT2D eigenvalue weighted by Gasteiger charge is -2.03. The number of nitrogens with one attached hydrogen (secondary N) is 1. The molecule has 0 atom stereocenters. The summed E-state index contributed by atoms with van der Waals surface area (Å²) >= 11 is 6.17. The highest BCUT2D eigenvalue weighted by atomic mass is 35.5. The Morgan fingerprint density at radius 1 is 1.22 bits per heavy atom. The molecule has 0 fully saturated rings. The molecule has 1 aromatic carbocycles. The predicted molar refractivity (Wildman–Crippen MR) is 100.0 cm³/mol. The maximum atomic E-state index is 12.3. The number of hydrogen-bond acceptors (Lipinski definition) is 4. The molecule has 0 saturated carbocycles. The number of aliphatic carboxylic acids is 1. The number of aryl methyl sites for hydroxylation is 2. The molecular formula is C18H18ClN5O3. The largest absolute Gasteiger partial charge is 0.481 e. The minimum Gasteiger partial charge on any atom is -0.481 e. The molecule has 9 heteroatoms. The molecule has 0 bridgehead atoms. The number of carboxylic acid groups (broad SMARTS) is 1. The molecule has 2 heterocycles. The summed E-state index contributed by atoms with van der Waals surface area (Å²) in [6.07, 6.45) is 3.12. The Hall–Kier alpha value is -3.13. The van der Waals surface area contributed by atoms with E-state index in [2.05, 4.69) is 21.6 Å². The quantitative estimate of drug-likeness (QED) is 0.649. The molecule has 2 aromatic heterocycles. The Morgan fingerprint density at radius 3 is 2.78 bits per heavy atom. The standard InChI is InChI=1S/C18H18ClN5O3/c1-12-3-2-4-13(9-12)10-24-11-14(19)17(22-24)20-18(27)15-5-7-23(21-15)8-6-16(25)26/h2-5,7,9,11H,6,8,10H2,1H3,(H,25,26)(H,20,22,27). The number of nitrogens with zero attached hydrogens (tertiary/aromatic N) is 4. The van der Waals surface area contributed by atoms with Gasteiger partial charge in [-0.25, -0.2) is 0 Å². The van der Waals surface area contributed by atoms with Gasteiger partial charge in [0.1, 0.15) is 5.02 Å². The first-order valence-corrected chi connectivity index (χ1v) is 8.63. The van der Waals surface area contributed by atoms with Gasteiger partial charge in [-0.2, -0.15) is 10.2 Å². The molecule has 0 saturated heterocycles. The van der Waals surface area contributed by atoms with Gasteiger partial charge in [0.2, 0.25) is 0 Å². The zero-order valence-corrected chi connectivity index (χ0v) is 15.3. The second-order valence-corrected chi connectivity index (χ2v) is 6.48. The summed E-state index contributed by atoms with van der Waals surface area (Å²) in [6, 6.07) is 9.54. The summed E-state index contributed by atoms with van der Waals surface area (Å²) in [6.45, 7) is 2.73. The Bertz CT molecular complexity index is 979. The number of anilines is 1. The number of carbonyl (C=O) groups excluding carboxylic acids is 1. The van der Waals surface area contributed by atoms with Crippen molar-refractivity contribution in [2.45, 2.75) is 26.4 Å². The second kappa shape index (κ2) is 8.05. The van der Waals surface area contributed by atoms with Crippen LogP contribution in [0.5, 0.6) is 0 Å². The van der Waals surface area contributed by atoms with Crippen molar-refractivity contribution >= 4 is 29.3 Å². The van der Waals surface area contributed by atoms with Gasteiger partial charge in [0.25, 0.3) is 5.91 Å². The molecule has 3 rings (SSSR count). The SMILES string of the molecule is Cc1cccc(Cn2cc(Cl)c(NC(=O)c3ccn(CCC(=O)O)n3)n2)c1. The van der Waals surface area contributed by atoms with Crippen LogP contribution in [0, 0.1) is 6.92 Å². The van der Waals surface area contributed by atoms with E-state index >= 15 is 0 Å². The van der Waals surface area contributed by atoms with Crippen LogP contribution in [-0.2, 0) is 17.9 Å². The smallest absolute Gasteiger partial charge is 0.305 e. The fourth-order valence-corrected chi connectivity index (χ4v) is 2.75. The Labute approximate surface area is 160 Å². The molecule has 8 nitrogen and oxygen atoms in total. The van der Waals surface area contributed by atoms with Gasteiger partial charge >= 0.3 is 5.97 Å². The van der Waals surface area contributed by atoms with Crippen LogP contribution < -0.4 is 5.32 Å². The molecule has 0 aliphatic heterocycles. The van der Waals surface area contributed by atoms with Crippen molar-refractivity contribution in [3.05, 3.63) is 64.6 Å². The summed E-state index contributed by atoms with van der Waals surface area (Å²) in [4.78, 5) is 22.9. The number of aromatic nitrogens is 4. The molecule has 0 unspecified atom stereocenters. The van der Waals surface area contributed by atoms with E-state index in [-0.39, 0.29) is 24.5 Å². The lowest BCUT2D eigenvalue weighted by Crippen LogP contribution is -2.15. The number of rotatable bonds is 7. The van der Waals surface area contributed by atoms with Crippen molar-refractivity contribution in [2.24, 2.45) is 0 Å². The molecule has 27 heavy (non-hydrogen) atoms. The zero-order chi connectivity index (χ0) is 19.4. The molecule has 140 valence electrons. The van der Waals surface area contributed by atoms with E-state index < -0.39 is 11.9 Å². The highest BCUT2D eigenvalue weighted by Crippen LogP contribution is 2.20. The average Bonchev–Trinajstić information content (AvgIpc) is 3.20. The number of carboxylic acids is 1. The molecule has 1 amide bonds. The fraction of sp³-hybridized carbons (Fsp3) is 0.222. The first-order chi connectivity index (χ1) is 12.9. The third-order valence-electron chi connectivity index (χ3n) is 3.80. The van der Waals surface area contributed by atoms with Gasteiger partial charge in [0, 0.05) is 12.4 Å². The highest BCUT2D eigenvalue weighted by Gasteiger charge is 2.15. The number of benzene rings is 1. The third-order valence-corrected chi connectivity index (χ3v) is 4.08. The van der Waals surface area contributed by atoms with Crippen LogP contribution >= 0.6 is 11.6 Å². The number of carbonyl (C=O) groups is 2. The third kappa shape index (κ3) is 4.95. The van der Waals surface area contributed by atoms with Gasteiger partial charge in [0.15, 0.2) is 11.5 Å². The second-order valence-electron chi connectivity index (χ2n) is 6.07. The predicted octanol–water partition coefficient (Wildman–Crippen LogP) is 2.82. The van der Waals surface area contributed by atoms with Crippen LogP contribution in [-0.4, -0.2) is 36.5 Å². The van der Waals surface area contributed by atoms with E-state index in [1.54, 1.807) is 17.1 Å². The Kier molecular flexibility index (Phi) is 5.56. The van der Waals surface area contributed by atoms with Crippen LogP contribution in [0.15, 0.2) is 42.7 Å². The first-order valence-electron chi connectivity index (χ1n) is 8.26. The van der Waals surface area contributed by atoms with Gasteiger partial charge in [-0.1, -0.05) is 41.4 Å². The van der Waals surface area contributed by atoms with Crippen molar-refractivity contribution in [3.63, 3.8) is 0 Å². The van der Waals surface area contributed by atoms with Gasteiger partial charge in [-0.15, -0.1) is 0 Å².